The lowest BCUT2D eigenvalue weighted by Crippen LogP contribution is -2.03. The van der Waals surface area contributed by atoms with E-state index in [0.717, 1.165) is 5.56 Å². The second-order valence-corrected chi connectivity index (χ2v) is 4.57. The van der Waals surface area contributed by atoms with Crippen LogP contribution in [0, 0.1) is 0 Å². The summed E-state index contributed by atoms with van der Waals surface area (Å²) in [6.07, 6.45) is 0. The SMILES string of the molecule is FC(F)Oc1c(Br)ccc(CBr)c1Br. The largest absolute Gasteiger partial charge is 0.432 e. The molecule has 0 aliphatic rings. The number of benzene rings is 1. The molecular formula is C8H5Br3F2O. The average molecular weight is 395 g/mol. The van der Waals surface area contributed by atoms with Crippen molar-refractivity contribution in [2.75, 3.05) is 0 Å². The predicted octanol–water partition coefficient (Wildman–Crippen LogP) is 4.71. The Kier molecular flexibility index (Phi) is 4.79. The van der Waals surface area contributed by atoms with E-state index in [1.54, 1.807) is 12.1 Å². The van der Waals surface area contributed by atoms with Gasteiger partial charge in [0.25, 0.3) is 0 Å². The van der Waals surface area contributed by atoms with Crippen LogP contribution < -0.4 is 4.74 Å². The van der Waals surface area contributed by atoms with Crippen molar-refractivity contribution in [3.8, 4) is 5.75 Å². The summed E-state index contributed by atoms with van der Waals surface area (Å²) in [4.78, 5) is 0. The first-order chi connectivity index (χ1) is 6.56. The van der Waals surface area contributed by atoms with Gasteiger partial charge in [-0.2, -0.15) is 8.78 Å². The standard InChI is InChI=1S/C8H5Br3F2O/c9-3-4-1-2-5(10)7(6(4)11)14-8(12)13/h1-2,8H,3H2. The molecule has 0 atom stereocenters. The van der Waals surface area contributed by atoms with Gasteiger partial charge < -0.3 is 4.74 Å². The fraction of sp³-hybridized carbons (Fsp3) is 0.250. The van der Waals surface area contributed by atoms with E-state index in [1.165, 1.54) is 0 Å². The van der Waals surface area contributed by atoms with Gasteiger partial charge in [0.15, 0.2) is 5.75 Å². The summed E-state index contributed by atoms with van der Waals surface area (Å²) >= 11 is 9.58. The zero-order chi connectivity index (χ0) is 10.7. The number of hydrogen-bond donors (Lipinski definition) is 0. The third-order valence-corrected chi connectivity index (χ3v) is 3.58. The fourth-order valence-electron chi connectivity index (χ4n) is 0.874. The van der Waals surface area contributed by atoms with Crippen LogP contribution in [0.3, 0.4) is 0 Å². The van der Waals surface area contributed by atoms with Crippen LogP contribution in [0.4, 0.5) is 8.78 Å². The summed E-state index contributed by atoms with van der Waals surface area (Å²) in [5, 5.41) is 0.570. The second-order valence-electron chi connectivity index (χ2n) is 2.36. The van der Waals surface area contributed by atoms with Crippen molar-refractivity contribution in [2.24, 2.45) is 0 Å². The number of alkyl halides is 3. The van der Waals surface area contributed by atoms with Crippen molar-refractivity contribution < 1.29 is 13.5 Å². The highest BCUT2D eigenvalue weighted by molar-refractivity contribution is 9.11. The minimum atomic E-state index is -2.83. The monoisotopic (exact) mass is 392 g/mol. The molecular weight excluding hydrogens is 390 g/mol. The first-order valence-corrected chi connectivity index (χ1v) is 6.24. The molecule has 0 saturated heterocycles. The third kappa shape index (κ3) is 2.90. The molecule has 0 spiro atoms. The summed E-state index contributed by atoms with van der Waals surface area (Å²) < 4.78 is 29.5. The Hall–Kier alpha value is 0.320. The Bertz CT molecular complexity index is 331. The predicted molar refractivity (Wildman–Crippen MR) is 61.1 cm³/mol. The third-order valence-electron chi connectivity index (χ3n) is 1.48. The van der Waals surface area contributed by atoms with Gasteiger partial charge in [-0.15, -0.1) is 0 Å². The lowest BCUT2D eigenvalue weighted by atomic mass is 10.2. The van der Waals surface area contributed by atoms with Gasteiger partial charge in [-0.05, 0) is 43.5 Å². The van der Waals surface area contributed by atoms with Crippen LogP contribution in [0.5, 0.6) is 5.75 Å². The maximum atomic E-state index is 12.0. The van der Waals surface area contributed by atoms with Crippen molar-refractivity contribution in [1.82, 2.24) is 0 Å². The van der Waals surface area contributed by atoms with Crippen molar-refractivity contribution >= 4 is 47.8 Å². The Labute approximate surface area is 105 Å². The Morgan fingerprint density at radius 3 is 2.43 bits per heavy atom. The zero-order valence-corrected chi connectivity index (χ0v) is 11.5. The van der Waals surface area contributed by atoms with E-state index < -0.39 is 6.61 Å². The maximum absolute atomic E-state index is 12.0. The lowest BCUT2D eigenvalue weighted by Gasteiger charge is -2.11. The molecule has 1 nitrogen and oxygen atoms in total. The van der Waals surface area contributed by atoms with Gasteiger partial charge in [0, 0.05) is 5.33 Å². The zero-order valence-electron chi connectivity index (χ0n) is 6.74. The van der Waals surface area contributed by atoms with E-state index >= 15 is 0 Å². The van der Waals surface area contributed by atoms with Crippen LogP contribution in [-0.4, -0.2) is 6.61 Å². The summed E-state index contributed by atoms with van der Waals surface area (Å²) in [5.74, 6) is 0.122. The fourth-order valence-corrected chi connectivity index (χ4v) is 2.99. The van der Waals surface area contributed by atoms with Gasteiger partial charge in [-0.3, -0.25) is 0 Å². The van der Waals surface area contributed by atoms with Gasteiger partial charge >= 0.3 is 6.61 Å². The van der Waals surface area contributed by atoms with Crippen molar-refractivity contribution in [2.45, 2.75) is 11.9 Å². The summed E-state index contributed by atoms with van der Waals surface area (Å²) in [5.41, 5.74) is 0.851. The smallest absolute Gasteiger partial charge is 0.387 e. The Morgan fingerprint density at radius 1 is 1.29 bits per heavy atom. The number of ether oxygens (including phenoxy) is 1. The van der Waals surface area contributed by atoms with Crippen molar-refractivity contribution in [1.29, 1.82) is 0 Å². The molecule has 1 aromatic rings. The minimum Gasteiger partial charge on any atom is -0.432 e. The van der Waals surface area contributed by atoms with Gasteiger partial charge in [-0.25, -0.2) is 0 Å². The molecule has 6 heteroatoms. The number of halogens is 5. The Balaban J connectivity index is 3.11. The molecule has 1 rings (SSSR count). The van der Waals surface area contributed by atoms with Crippen LogP contribution in [0.1, 0.15) is 5.56 Å². The Morgan fingerprint density at radius 2 is 1.93 bits per heavy atom. The molecule has 0 saturated carbocycles. The van der Waals surface area contributed by atoms with E-state index in [-0.39, 0.29) is 5.75 Å². The molecule has 0 heterocycles. The summed E-state index contributed by atoms with van der Waals surface area (Å²) in [6.45, 7) is -2.83. The summed E-state index contributed by atoms with van der Waals surface area (Å²) in [6, 6.07) is 3.47. The molecule has 0 aliphatic carbocycles. The van der Waals surface area contributed by atoms with Crippen LogP contribution in [0.25, 0.3) is 0 Å². The molecule has 0 N–H and O–H groups in total. The normalized spacial score (nSPS) is 10.7. The molecule has 1 aromatic carbocycles. The van der Waals surface area contributed by atoms with Gasteiger partial charge in [-0.1, -0.05) is 22.0 Å². The van der Waals surface area contributed by atoms with E-state index in [1.807, 2.05) is 0 Å². The summed E-state index contributed by atoms with van der Waals surface area (Å²) in [7, 11) is 0. The molecule has 0 aromatic heterocycles. The van der Waals surface area contributed by atoms with Crippen molar-refractivity contribution in [3.05, 3.63) is 26.6 Å². The first kappa shape index (κ1) is 12.4. The molecule has 0 radical (unpaired) electrons. The first-order valence-electron chi connectivity index (χ1n) is 3.54. The van der Waals surface area contributed by atoms with E-state index in [2.05, 4.69) is 52.5 Å². The highest BCUT2D eigenvalue weighted by atomic mass is 79.9. The highest BCUT2D eigenvalue weighted by Gasteiger charge is 2.14. The van der Waals surface area contributed by atoms with Gasteiger partial charge in [0.05, 0.1) is 8.95 Å². The van der Waals surface area contributed by atoms with Gasteiger partial charge in [0.1, 0.15) is 0 Å². The van der Waals surface area contributed by atoms with E-state index in [9.17, 15) is 8.78 Å². The molecule has 0 aliphatic heterocycles. The second kappa shape index (κ2) is 5.42. The molecule has 0 amide bonds. The highest BCUT2D eigenvalue weighted by Crippen LogP contribution is 2.37. The van der Waals surface area contributed by atoms with Crippen LogP contribution in [0.15, 0.2) is 21.1 Å². The van der Waals surface area contributed by atoms with Crippen LogP contribution >= 0.6 is 47.8 Å². The lowest BCUT2D eigenvalue weighted by molar-refractivity contribution is -0.0509. The minimum absolute atomic E-state index is 0.122. The topological polar surface area (TPSA) is 9.23 Å². The average Bonchev–Trinajstić information content (AvgIpc) is 2.12. The molecule has 0 unspecified atom stereocenters. The van der Waals surface area contributed by atoms with Crippen LogP contribution in [-0.2, 0) is 5.33 Å². The van der Waals surface area contributed by atoms with Gasteiger partial charge in [0.2, 0.25) is 0 Å². The van der Waals surface area contributed by atoms with E-state index in [4.69, 9.17) is 0 Å². The van der Waals surface area contributed by atoms with E-state index in [0.29, 0.717) is 14.3 Å². The van der Waals surface area contributed by atoms with Crippen molar-refractivity contribution in [3.63, 3.8) is 0 Å². The molecule has 78 valence electrons. The van der Waals surface area contributed by atoms with Crippen LogP contribution in [0.2, 0.25) is 0 Å². The maximum Gasteiger partial charge on any atom is 0.387 e. The molecule has 0 fully saturated rings. The quantitative estimate of drug-likeness (QED) is 0.675. The number of hydrogen-bond acceptors (Lipinski definition) is 1. The molecule has 14 heavy (non-hydrogen) atoms. The molecule has 0 bridgehead atoms. The number of rotatable bonds is 3.